The Morgan fingerprint density at radius 2 is 1.83 bits per heavy atom. The van der Waals surface area contributed by atoms with E-state index in [2.05, 4.69) is 20.5 Å². The van der Waals surface area contributed by atoms with Gasteiger partial charge < -0.3 is 15.8 Å². The van der Waals surface area contributed by atoms with Crippen molar-refractivity contribution >= 4 is 32.7 Å². The Labute approximate surface area is 238 Å². The van der Waals surface area contributed by atoms with Crippen molar-refractivity contribution in [3.05, 3.63) is 53.9 Å². The number of amides is 2. The van der Waals surface area contributed by atoms with Gasteiger partial charge in [0.1, 0.15) is 11.7 Å². The number of aromatic nitrogens is 5. The summed E-state index contributed by atoms with van der Waals surface area (Å²) in [4.78, 5) is 29.4. The van der Waals surface area contributed by atoms with Crippen LogP contribution in [0.1, 0.15) is 53.1 Å². The van der Waals surface area contributed by atoms with E-state index >= 15 is 0 Å². The van der Waals surface area contributed by atoms with Gasteiger partial charge in [0, 0.05) is 30.3 Å². The molecule has 2 aliphatic rings. The molecule has 2 saturated carbocycles. The lowest BCUT2D eigenvalue weighted by molar-refractivity contribution is -0.0847. The number of ether oxygens (including phenoxy) is 1. The molecule has 220 valence electrons. The molecule has 42 heavy (non-hydrogen) atoms. The third kappa shape index (κ3) is 4.97. The summed E-state index contributed by atoms with van der Waals surface area (Å²) in [5.41, 5.74) is 6.39. The predicted molar refractivity (Wildman–Crippen MR) is 146 cm³/mol. The summed E-state index contributed by atoms with van der Waals surface area (Å²) < 4.78 is 58.9. The molecule has 3 aromatic heterocycles. The minimum atomic E-state index is -3.45. The normalized spacial score (nSPS) is 21.7. The van der Waals surface area contributed by atoms with E-state index in [1.54, 1.807) is 24.0 Å². The van der Waals surface area contributed by atoms with Crippen molar-refractivity contribution in [2.24, 2.45) is 18.2 Å². The first-order chi connectivity index (χ1) is 19.8. The van der Waals surface area contributed by atoms with Gasteiger partial charge in [0.25, 0.3) is 11.8 Å². The summed E-state index contributed by atoms with van der Waals surface area (Å²) in [5, 5.41) is 11.5. The first-order valence-electron chi connectivity index (χ1n) is 13.1. The topological polar surface area (TPSA) is 164 Å². The highest BCUT2D eigenvalue weighted by Gasteiger charge is 2.54. The fourth-order valence-electron chi connectivity index (χ4n) is 5.90. The lowest BCUT2D eigenvalue weighted by atomic mass is 9.53. The predicted octanol–water partition coefficient (Wildman–Crippen LogP) is 2.85. The van der Waals surface area contributed by atoms with Crippen LogP contribution in [0.4, 0.5) is 8.78 Å². The number of nitrogens with one attached hydrogen (secondary N) is 1. The van der Waals surface area contributed by atoms with Crippen LogP contribution in [0.5, 0.6) is 5.88 Å². The molecular formula is C27H27F2N7O5S. The second-order valence-corrected chi connectivity index (χ2v) is 13.1. The number of hydrogen-bond donors (Lipinski definition) is 2. The molecule has 0 radical (unpaired) electrons. The van der Waals surface area contributed by atoms with E-state index in [0.717, 1.165) is 6.26 Å². The Morgan fingerprint density at radius 3 is 2.45 bits per heavy atom. The number of primary amides is 1. The molecule has 15 heteroatoms. The van der Waals surface area contributed by atoms with Crippen LogP contribution in [-0.2, 0) is 16.9 Å². The number of pyridine rings is 1. The third-order valence-corrected chi connectivity index (χ3v) is 9.09. The number of alkyl halides is 2. The zero-order valence-corrected chi connectivity index (χ0v) is 23.4. The van der Waals surface area contributed by atoms with E-state index in [1.807, 2.05) is 0 Å². The molecule has 0 unspecified atom stereocenters. The van der Waals surface area contributed by atoms with Gasteiger partial charge in [0.05, 0.1) is 16.8 Å². The number of halogens is 2. The summed E-state index contributed by atoms with van der Waals surface area (Å²) in [6.45, 7) is -3.00. The van der Waals surface area contributed by atoms with Crippen LogP contribution < -0.4 is 15.8 Å². The van der Waals surface area contributed by atoms with Crippen molar-refractivity contribution in [1.82, 2.24) is 29.9 Å². The molecule has 2 fully saturated rings. The number of nitrogens with zero attached hydrogens (tertiary/aromatic N) is 5. The van der Waals surface area contributed by atoms with E-state index in [1.165, 1.54) is 30.3 Å². The Hall–Kier alpha value is -4.40. The van der Waals surface area contributed by atoms with Gasteiger partial charge >= 0.3 is 6.55 Å². The molecule has 0 atom stereocenters. The zero-order valence-electron chi connectivity index (χ0n) is 22.6. The number of benzene rings is 1. The SMILES string of the molecule is Cn1ncc2cc(C(N)=O)c(O[C@H]3CC4(C[C@H](NC(=O)c5cc(-c6ccc(S(C)(=O)=O)cc6)n(C(F)F)n5)C4)C3)nc21. The maximum absolute atomic E-state index is 13.7. The summed E-state index contributed by atoms with van der Waals surface area (Å²) in [7, 11) is -1.72. The van der Waals surface area contributed by atoms with Gasteiger partial charge in [-0.1, -0.05) is 12.1 Å². The number of sulfone groups is 1. The molecule has 2 aliphatic carbocycles. The van der Waals surface area contributed by atoms with Gasteiger partial charge in [-0.15, -0.1) is 0 Å². The second kappa shape index (κ2) is 9.86. The molecule has 3 heterocycles. The molecule has 1 aromatic carbocycles. The minimum Gasteiger partial charge on any atom is -0.474 e. The van der Waals surface area contributed by atoms with E-state index in [4.69, 9.17) is 10.5 Å². The van der Waals surface area contributed by atoms with Crippen molar-refractivity contribution in [2.75, 3.05) is 6.26 Å². The van der Waals surface area contributed by atoms with Crippen molar-refractivity contribution in [3.8, 4) is 17.1 Å². The van der Waals surface area contributed by atoms with Crippen LogP contribution in [0, 0.1) is 5.41 Å². The monoisotopic (exact) mass is 599 g/mol. The molecule has 6 rings (SSSR count). The van der Waals surface area contributed by atoms with Crippen LogP contribution >= 0.6 is 0 Å². The van der Waals surface area contributed by atoms with Gasteiger partial charge in [-0.25, -0.2) is 13.1 Å². The van der Waals surface area contributed by atoms with Gasteiger partial charge in [0.15, 0.2) is 21.2 Å². The van der Waals surface area contributed by atoms with Crippen molar-refractivity contribution in [3.63, 3.8) is 0 Å². The number of aryl methyl sites for hydroxylation is 1. The van der Waals surface area contributed by atoms with Crippen LogP contribution in [-0.4, -0.2) is 63.2 Å². The van der Waals surface area contributed by atoms with E-state index in [-0.39, 0.29) is 45.3 Å². The van der Waals surface area contributed by atoms with E-state index in [0.29, 0.717) is 47.0 Å². The van der Waals surface area contributed by atoms with Gasteiger partial charge in [0.2, 0.25) is 5.88 Å². The molecular weight excluding hydrogens is 572 g/mol. The molecule has 0 aliphatic heterocycles. The third-order valence-electron chi connectivity index (χ3n) is 7.96. The first kappa shape index (κ1) is 27.8. The summed E-state index contributed by atoms with van der Waals surface area (Å²) >= 11 is 0. The maximum Gasteiger partial charge on any atom is 0.333 e. The van der Waals surface area contributed by atoms with Gasteiger partial charge in [-0.05, 0) is 55.4 Å². The number of fused-ring (bicyclic) bond motifs is 1. The number of hydrogen-bond acceptors (Lipinski definition) is 8. The summed E-state index contributed by atoms with van der Waals surface area (Å²) in [6, 6.07) is 8.16. The van der Waals surface area contributed by atoms with Crippen molar-refractivity contribution in [2.45, 2.75) is 49.3 Å². The Balaban J connectivity index is 1.08. The molecule has 12 nitrogen and oxygen atoms in total. The highest BCUT2D eigenvalue weighted by atomic mass is 32.2. The Morgan fingerprint density at radius 1 is 1.14 bits per heavy atom. The number of carbonyl (C=O) groups excluding carboxylic acids is 2. The first-order valence-corrected chi connectivity index (χ1v) is 15.0. The zero-order chi connectivity index (χ0) is 30.0. The van der Waals surface area contributed by atoms with Crippen molar-refractivity contribution in [1.29, 1.82) is 0 Å². The number of nitrogens with two attached hydrogens (primary N) is 1. The molecule has 0 bridgehead atoms. The minimum absolute atomic E-state index is 0.00693. The van der Waals surface area contributed by atoms with Crippen LogP contribution in [0.3, 0.4) is 0 Å². The number of rotatable bonds is 8. The quantitative estimate of drug-likeness (QED) is 0.312. The van der Waals surface area contributed by atoms with Gasteiger partial charge in [-0.3, -0.25) is 14.3 Å². The van der Waals surface area contributed by atoms with E-state index < -0.39 is 28.2 Å². The largest absolute Gasteiger partial charge is 0.474 e. The lowest BCUT2D eigenvalue weighted by Gasteiger charge is -2.57. The molecule has 4 aromatic rings. The van der Waals surface area contributed by atoms with E-state index in [9.17, 15) is 26.8 Å². The molecule has 3 N–H and O–H groups in total. The average Bonchev–Trinajstić information content (AvgIpc) is 3.49. The highest BCUT2D eigenvalue weighted by molar-refractivity contribution is 7.90. The fraction of sp³-hybridized carbons (Fsp3) is 0.370. The lowest BCUT2D eigenvalue weighted by Crippen LogP contribution is -2.58. The summed E-state index contributed by atoms with van der Waals surface area (Å²) in [6.07, 6.45) is 5.25. The van der Waals surface area contributed by atoms with Crippen LogP contribution in [0.15, 0.2) is 47.5 Å². The fourth-order valence-corrected chi connectivity index (χ4v) is 6.53. The Bertz CT molecular complexity index is 1820. The molecule has 1 spiro atoms. The maximum atomic E-state index is 13.7. The highest BCUT2D eigenvalue weighted by Crippen LogP contribution is 2.57. The number of carbonyl (C=O) groups is 2. The average molecular weight is 600 g/mol. The standard InChI is InChI=1S/C27H27F2N7O5S/c1-35-23-15(13-31-35)7-19(22(30)37)25(33-23)41-17-11-27(12-17)9-16(10-27)32-24(38)20-8-21(36(34-20)26(28)29)14-3-5-18(6-4-14)42(2,39)40/h3-8,13,16-17,26H,9-12H2,1-2H3,(H2,30,37)(H,32,38)/t16-,17-,27?. The smallest absolute Gasteiger partial charge is 0.333 e. The van der Waals surface area contributed by atoms with Crippen LogP contribution in [0.2, 0.25) is 0 Å². The van der Waals surface area contributed by atoms with Crippen LogP contribution in [0.25, 0.3) is 22.3 Å². The summed E-state index contributed by atoms with van der Waals surface area (Å²) in [5.74, 6) is -1.05. The Kier molecular flexibility index (Phi) is 6.51. The molecule has 0 saturated heterocycles. The molecule has 2 amide bonds. The second-order valence-electron chi connectivity index (χ2n) is 11.0. The van der Waals surface area contributed by atoms with Crippen molar-refractivity contribution < 1.29 is 31.5 Å². The van der Waals surface area contributed by atoms with Gasteiger partial charge in [-0.2, -0.15) is 24.0 Å².